The molecule has 2 fully saturated rings. The number of fused-ring (bicyclic) bond motifs is 1. The van der Waals surface area contributed by atoms with Gasteiger partial charge >= 0.3 is 0 Å². The molecule has 2 aromatic heterocycles. The minimum Gasteiger partial charge on any atom is -0.381 e. The normalized spacial score (nSPS) is 21.9. The summed E-state index contributed by atoms with van der Waals surface area (Å²) in [6.07, 6.45) is 11.7. The molecule has 1 saturated heterocycles. The maximum Gasteiger partial charge on any atom is 0.231 e. The average Bonchev–Trinajstić information content (AvgIpc) is 3.07. The molecule has 106 valence electrons. The molecule has 0 unspecified atom stereocenters. The van der Waals surface area contributed by atoms with E-state index in [1.165, 1.54) is 38.5 Å². The Balaban J connectivity index is 1.70. The van der Waals surface area contributed by atoms with Gasteiger partial charge in [-0.25, -0.2) is 4.98 Å². The van der Waals surface area contributed by atoms with Crippen LogP contribution in [0.5, 0.6) is 0 Å². The molecule has 6 heteroatoms. The molecule has 0 bridgehead atoms. The Morgan fingerprint density at radius 3 is 2.75 bits per heavy atom. The summed E-state index contributed by atoms with van der Waals surface area (Å²) in [5.41, 5.74) is 7.04. The summed E-state index contributed by atoms with van der Waals surface area (Å²) in [5, 5.41) is 8.55. The second-order valence-electron chi connectivity index (χ2n) is 6.24. The van der Waals surface area contributed by atoms with Crippen LogP contribution in [0.15, 0.2) is 12.4 Å². The Kier molecular flexibility index (Phi) is 2.58. The van der Waals surface area contributed by atoms with E-state index in [2.05, 4.69) is 20.1 Å². The average molecular weight is 272 g/mol. The molecule has 1 aliphatic carbocycles. The largest absolute Gasteiger partial charge is 0.381 e. The third kappa shape index (κ3) is 1.74. The second kappa shape index (κ2) is 4.33. The first-order valence-electron chi connectivity index (χ1n) is 7.48. The van der Waals surface area contributed by atoms with Crippen molar-refractivity contribution in [3.63, 3.8) is 0 Å². The highest BCUT2D eigenvalue weighted by Gasteiger charge is 2.38. The van der Waals surface area contributed by atoms with Crippen LogP contribution in [0.4, 0.5) is 11.8 Å². The van der Waals surface area contributed by atoms with E-state index in [0.717, 1.165) is 19.0 Å². The standard InChI is InChI=1S/C14H20N6/c15-11-12-17-18-13(20(12)9-7-16-11)19-8-3-6-14(10-19)4-1-2-5-14/h7,9H,1-6,8,10H2,(H2,15,16). The van der Waals surface area contributed by atoms with Gasteiger partial charge in [-0.15, -0.1) is 10.2 Å². The Labute approximate surface area is 118 Å². The lowest BCUT2D eigenvalue weighted by Gasteiger charge is -2.40. The molecule has 3 heterocycles. The summed E-state index contributed by atoms with van der Waals surface area (Å²) in [6.45, 7) is 2.17. The van der Waals surface area contributed by atoms with Crippen molar-refractivity contribution in [3.05, 3.63) is 12.4 Å². The first-order valence-corrected chi connectivity index (χ1v) is 7.48. The first kappa shape index (κ1) is 11.9. The Morgan fingerprint density at radius 2 is 1.90 bits per heavy atom. The number of piperidine rings is 1. The number of nitrogen functional groups attached to an aromatic ring is 1. The van der Waals surface area contributed by atoms with Crippen molar-refractivity contribution < 1.29 is 0 Å². The summed E-state index contributed by atoms with van der Waals surface area (Å²) in [5.74, 6) is 1.36. The highest BCUT2D eigenvalue weighted by atomic mass is 15.4. The molecular formula is C14H20N6. The molecule has 20 heavy (non-hydrogen) atoms. The maximum absolute atomic E-state index is 5.86. The fourth-order valence-electron chi connectivity index (χ4n) is 3.96. The van der Waals surface area contributed by atoms with Crippen molar-refractivity contribution in [2.45, 2.75) is 38.5 Å². The molecule has 6 nitrogen and oxygen atoms in total. The van der Waals surface area contributed by atoms with Gasteiger partial charge in [-0.3, -0.25) is 4.40 Å². The predicted octanol–water partition coefficient (Wildman–Crippen LogP) is 1.87. The zero-order valence-corrected chi connectivity index (χ0v) is 11.6. The molecule has 2 aromatic rings. The number of hydrogen-bond donors (Lipinski definition) is 1. The van der Waals surface area contributed by atoms with Gasteiger partial charge in [0.2, 0.25) is 11.6 Å². The van der Waals surface area contributed by atoms with Crippen LogP contribution in [0.25, 0.3) is 5.65 Å². The summed E-state index contributed by atoms with van der Waals surface area (Å²) in [6, 6.07) is 0. The molecule has 1 aliphatic heterocycles. The van der Waals surface area contributed by atoms with Gasteiger partial charge in [0.25, 0.3) is 0 Å². The first-order chi connectivity index (χ1) is 9.77. The summed E-state index contributed by atoms with van der Waals surface area (Å²) < 4.78 is 1.97. The van der Waals surface area contributed by atoms with Crippen LogP contribution in [-0.2, 0) is 0 Å². The number of nitrogens with zero attached hydrogens (tertiary/aromatic N) is 5. The van der Waals surface area contributed by atoms with E-state index in [4.69, 9.17) is 5.73 Å². The monoisotopic (exact) mass is 272 g/mol. The van der Waals surface area contributed by atoms with Gasteiger partial charge in [0.05, 0.1) is 0 Å². The van der Waals surface area contributed by atoms with E-state index in [9.17, 15) is 0 Å². The lowest BCUT2D eigenvalue weighted by atomic mass is 9.78. The van der Waals surface area contributed by atoms with E-state index < -0.39 is 0 Å². The van der Waals surface area contributed by atoms with Crippen LogP contribution < -0.4 is 10.6 Å². The van der Waals surface area contributed by atoms with Crippen molar-refractivity contribution >= 4 is 17.4 Å². The van der Waals surface area contributed by atoms with Crippen molar-refractivity contribution in [3.8, 4) is 0 Å². The van der Waals surface area contributed by atoms with E-state index >= 15 is 0 Å². The van der Waals surface area contributed by atoms with Crippen molar-refractivity contribution in [2.24, 2.45) is 5.41 Å². The molecule has 1 spiro atoms. The van der Waals surface area contributed by atoms with Crippen LogP contribution in [0.2, 0.25) is 0 Å². The van der Waals surface area contributed by atoms with Gasteiger partial charge < -0.3 is 10.6 Å². The molecule has 0 aromatic carbocycles. The summed E-state index contributed by atoms with van der Waals surface area (Å²) >= 11 is 0. The highest BCUT2D eigenvalue weighted by Crippen LogP contribution is 2.45. The number of rotatable bonds is 1. The van der Waals surface area contributed by atoms with Gasteiger partial charge in [-0.05, 0) is 31.1 Å². The fourth-order valence-corrected chi connectivity index (χ4v) is 3.96. The van der Waals surface area contributed by atoms with Crippen LogP contribution >= 0.6 is 0 Å². The van der Waals surface area contributed by atoms with Crippen LogP contribution in [0, 0.1) is 5.41 Å². The maximum atomic E-state index is 5.86. The number of anilines is 2. The minimum atomic E-state index is 0.443. The third-order valence-electron chi connectivity index (χ3n) is 4.94. The number of nitrogens with two attached hydrogens (primary N) is 1. The van der Waals surface area contributed by atoms with Crippen molar-refractivity contribution in [1.82, 2.24) is 19.6 Å². The van der Waals surface area contributed by atoms with E-state index in [0.29, 0.717) is 16.9 Å². The molecule has 0 amide bonds. The number of hydrogen-bond acceptors (Lipinski definition) is 5. The fraction of sp³-hybridized carbons (Fsp3) is 0.643. The van der Waals surface area contributed by atoms with Crippen LogP contribution in [0.1, 0.15) is 38.5 Å². The van der Waals surface area contributed by atoms with Crippen molar-refractivity contribution in [2.75, 3.05) is 23.7 Å². The quantitative estimate of drug-likeness (QED) is 0.858. The molecule has 4 rings (SSSR count). The van der Waals surface area contributed by atoms with Gasteiger partial charge in [-0.1, -0.05) is 12.8 Å². The van der Waals surface area contributed by atoms with E-state index in [1.54, 1.807) is 6.20 Å². The topological polar surface area (TPSA) is 72.3 Å². The van der Waals surface area contributed by atoms with Gasteiger partial charge in [0.15, 0.2) is 5.82 Å². The third-order valence-corrected chi connectivity index (χ3v) is 4.94. The molecular weight excluding hydrogens is 252 g/mol. The summed E-state index contributed by atoms with van der Waals surface area (Å²) in [4.78, 5) is 6.46. The Bertz CT molecular complexity index is 628. The lowest BCUT2D eigenvalue weighted by Crippen LogP contribution is -2.42. The van der Waals surface area contributed by atoms with Crippen LogP contribution in [-0.4, -0.2) is 32.7 Å². The lowest BCUT2D eigenvalue weighted by molar-refractivity contribution is 0.238. The zero-order valence-electron chi connectivity index (χ0n) is 11.6. The van der Waals surface area contributed by atoms with E-state index in [1.807, 2.05) is 10.6 Å². The van der Waals surface area contributed by atoms with Gasteiger partial charge in [-0.2, -0.15) is 0 Å². The SMILES string of the molecule is Nc1nccn2c(N3CCCC4(CCCC4)C3)nnc12. The second-order valence-corrected chi connectivity index (χ2v) is 6.24. The Morgan fingerprint density at radius 1 is 1.10 bits per heavy atom. The highest BCUT2D eigenvalue weighted by molar-refractivity contribution is 5.61. The number of aromatic nitrogens is 4. The predicted molar refractivity (Wildman–Crippen MR) is 77.5 cm³/mol. The molecule has 2 aliphatic rings. The molecule has 1 saturated carbocycles. The molecule has 0 atom stereocenters. The zero-order chi connectivity index (χ0) is 13.6. The van der Waals surface area contributed by atoms with Crippen LogP contribution in [0.3, 0.4) is 0 Å². The van der Waals surface area contributed by atoms with Gasteiger partial charge in [0.1, 0.15) is 0 Å². The minimum absolute atomic E-state index is 0.443. The summed E-state index contributed by atoms with van der Waals surface area (Å²) in [7, 11) is 0. The molecule has 2 N–H and O–H groups in total. The smallest absolute Gasteiger partial charge is 0.231 e. The molecule has 0 radical (unpaired) electrons. The van der Waals surface area contributed by atoms with Gasteiger partial charge in [0, 0.05) is 25.5 Å². The van der Waals surface area contributed by atoms with E-state index in [-0.39, 0.29) is 0 Å². The van der Waals surface area contributed by atoms with Crippen molar-refractivity contribution in [1.29, 1.82) is 0 Å². The Hall–Kier alpha value is -1.85.